The highest BCUT2D eigenvalue weighted by Gasteiger charge is 2.41. The van der Waals surface area contributed by atoms with Crippen LogP contribution in [0.4, 0.5) is 0 Å². The minimum absolute atomic E-state index is 0. The quantitative estimate of drug-likeness (QED) is 0.789. The van der Waals surface area contributed by atoms with E-state index in [1.54, 1.807) is 7.11 Å². The number of methoxy groups -OCH3 is 1. The standard InChI is InChI=1S/C21H32N2O2.ClH/c1-25-13-12-23(11-10-16-6-3-2-4-7-16)21(24)19-14-17-8-5-9-18(15-19)20(17)22;/h2-4,6-7,17-20H,5,8-15,22H2,1H3;1H. The van der Waals surface area contributed by atoms with Crippen LogP contribution in [-0.2, 0) is 16.0 Å². The number of amides is 1. The van der Waals surface area contributed by atoms with Gasteiger partial charge in [0.1, 0.15) is 0 Å². The second-order valence-electron chi connectivity index (χ2n) is 7.75. The first-order chi connectivity index (χ1) is 12.2. The molecule has 0 aliphatic heterocycles. The number of nitrogens with zero attached hydrogens (tertiary/aromatic N) is 1. The van der Waals surface area contributed by atoms with Crippen molar-refractivity contribution in [1.29, 1.82) is 0 Å². The maximum absolute atomic E-state index is 13.2. The van der Waals surface area contributed by atoms with Crippen molar-refractivity contribution in [1.82, 2.24) is 4.90 Å². The molecule has 146 valence electrons. The zero-order valence-electron chi connectivity index (χ0n) is 15.8. The summed E-state index contributed by atoms with van der Waals surface area (Å²) in [6, 6.07) is 10.7. The molecule has 4 nitrogen and oxygen atoms in total. The Bertz CT molecular complexity index is 540. The number of ether oxygens (including phenoxy) is 1. The maximum Gasteiger partial charge on any atom is 0.225 e. The van der Waals surface area contributed by atoms with Gasteiger partial charge in [-0.2, -0.15) is 0 Å². The molecule has 5 heteroatoms. The van der Waals surface area contributed by atoms with Crippen molar-refractivity contribution in [2.24, 2.45) is 23.5 Å². The summed E-state index contributed by atoms with van der Waals surface area (Å²) < 4.78 is 5.24. The van der Waals surface area contributed by atoms with Crippen LogP contribution in [0, 0.1) is 17.8 Å². The second-order valence-corrected chi connectivity index (χ2v) is 7.75. The molecule has 2 N–H and O–H groups in total. The number of hydrogen-bond acceptors (Lipinski definition) is 3. The lowest BCUT2D eigenvalue weighted by atomic mass is 9.65. The van der Waals surface area contributed by atoms with Gasteiger partial charge in [0.25, 0.3) is 0 Å². The molecule has 2 bridgehead atoms. The van der Waals surface area contributed by atoms with Crippen LogP contribution in [0.15, 0.2) is 30.3 Å². The van der Waals surface area contributed by atoms with Gasteiger partial charge in [-0.25, -0.2) is 0 Å². The van der Waals surface area contributed by atoms with Crippen LogP contribution in [-0.4, -0.2) is 43.7 Å². The Morgan fingerprint density at radius 1 is 1.15 bits per heavy atom. The van der Waals surface area contributed by atoms with Crippen molar-refractivity contribution in [2.75, 3.05) is 26.8 Å². The van der Waals surface area contributed by atoms with E-state index in [2.05, 4.69) is 24.3 Å². The van der Waals surface area contributed by atoms with E-state index in [0.717, 1.165) is 25.8 Å². The molecule has 0 spiro atoms. The van der Waals surface area contributed by atoms with E-state index < -0.39 is 0 Å². The van der Waals surface area contributed by atoms with Gasteiger partial charge in [0.2, 0.25) is 5.91 Å². The van der Waals surface area contributed by atoms with E-state index >= 15 is 0 Å². The molecule has 1 aromatic rings. The largest absolute Gasteiger partial charge is 0.383 e. The van der Waals surface area contributed by atoms with E-state index in [9.17, 15) is 4.79 Å². The van der Waals surface area contributed by atoms with E-state index in [-0.39, 0.29) is 18.3 Å². The summed E-state index contributed by atoms with van der Waals surface area (Å²) >= 11 is 0. The predicted octanol–water partition coefficient (Wildman–Crippen LogP) is 3.28. The van der Waals surface area contributed by atoms with E-state index in [1.165, 1.54) is 24.8 Å². The summed E-state index contributed by atoms with van der Waals surface area (Å²) in [6.45, 7) is 2.05. The smallest absolute Gasteiger partial charge is 0.225 e. The van der Waals surface area contributed by atoms with Gasteiger partial charge in [-0.3, -0.25) is 4.79 Å². The van der Waals surface area contributed by atoms with E-state index in [4.69, 9.17) is 10.5 Å². The van der Waals surface area contributed by atoms with Crippen LogP contribution < -0.4 is 5.73 Å². The lowest BCUT2D eigenvalue weighted by Gasteiger charge is -2.44. The fraction of sp³-hybridized carbons (Fsp3) is 0.667. The third-order valence-corrected chi connectivity index (χ3v) is 6.15. The van der Waals surface area contributed by atoms with Gasteiger partial charge < -0.3 is 15.4 Å². The molecule has 2 saturated carbocycles. The van der Waals surface area contributed by atoms with Crippen LogP contribution in [0.5, 0.6) is 0 Å². The van der Waals surface area contributed by atoms with Crippen molar-refractivity contribution in [2.45, 2.75) is 44.6 Å². The SMILES string of the molecule is COCCN(CCc1ccccc1)C(=O)C1CC2CCCC(C1)C2N.Cl. The molecule has 2 atom stereocenters. The number of rotatable bonds is 7. The Morgan fingerprint density at radius 3 is 2.42 bits per heavy atom. The molecule has 0 saturated heterocycles. The average molecular weight is 381 g/mol. The highest BCUT2D eigenvalue weighted by atomic mass is 35.5. The number of nitrogens with two attached hydrogens (primary N) is 1. The first-order valence-electron chi connectivity index (χ1n) is 9.76. The van der Waals surface area contributed by atoms with Gasteiger partial charge in [0, 0.05) is 32.2 Å². The van der Waals surface area contributed by atoms with Crippen molar-refractivity contribution >= 4 is 18.3 Å². The molecule has 2 unspecified atom stereocenters. The van der Waals surface area contributed by atoms with Crippen molar-refractivity contribution in [3.63, 3.8) is 0 Å². The molecule has 0 aromatic heterocycles. The molecule has 2 fully saturated rings. The normalized spacial score (nSPS) is 27.5. The topological polar surface area (TPSA) is 55.6 Å². The van der Waals surface area contributed by atoms with Gasteiger partial charge in [0.15, 0.2) is 0 Å². The Hall–Kier alpha value is -1.10. The Labute approximate surface area is 163 Å². The van der Waals surface area contributed by atoms with Crippen molar-refractivity contribution in [3.8, 4) is 0 Å². The van der Waals surface area contributed by atoms with Crippen LogP contribution >= 0.6 is 12.4 Å². The third kappa shape index (κ3) is 5.21. The molecule has 26 heavy (non-hydrogen) atoms. The number of carbonyl (C=O) groups excluding carboxylic acids is 1. The molecule has 2 aliphatic carbocycles. The van der Waals surface area contributed by atoms with Gasteiger partial charge in [-0.05, 0) is 49.5 Å². The van der Waals surface area contributed by atoms with Crippen LogP contribution in [0.2, 0.25) is 0 Å². The van der Waals surface area contributed by atoms with E-state index in [1.807, 2.05) is 11.0 Å². The van der Waals surface area contributed by atoms with Gasteiger partial charge >= 0.3 is 0 Å². The number of benzene rings is 1. The third-order valence-electron chi connectivity index (χ3n) is 6.15. The summed E-state index contributed by atoms with van der Waals surface area (Å²) in [4.78, 5) is 15.2. The molecule has 0 heterocycles. The van der Waals surface area contributed by atoms with Gasteiger partial charge in [-0.15, -0.1) is 12.4 Å². The fourth-order valence-corrected chi connectivity index (χ4v) is 4.69. The summed E-state index contributed by atoms with van der Waals surface area (Å²) in [5.74, 6) is 1.55. The molecule has 1 aromatic carbocycles. The Kier molecular flexibility index (Phi) is 8.39. The summed E-state index contributed by atoms with van der Waals surface area (Å²) in [5.41, 5.74) is 7.67. The number of hydrogen-bond donors (Lipinski definition) is 1. The summed E-state index contributed by atoms with van der Waals surface area (Å²) in [6.07, 6.45) is 6.53. The zero-order chi connectivity index (χ0) is 17.6. The molecule has 3 rings (SSSR count). The van der Waals surface area contributed by atoms with E-state index in [0.29, 0.717) is 36.9 Å². The highest BCUT2D eigenvalue weighted by molar-refractivity contribution is 5.85. The lowest BCUT2D eigenvalue weighted by molar-refractivity contribution is -0.139. The maximum atomic E-state index is 13.2. The van der Waals surface area contributed by atoms with Crippen LogP contribution in [0.25, 0.3) is 0 Å². The van der Waals surface area contributed by atoms with Crippen LogP contribution in [0.1, 0.15) is 37.7 Å². The van der Waals surface area contributed by atoms with Crippen molar-refractivity contribution in [3.05, 3.63) is 35.9 Å². The predicted molar refractivity (Wildman–Crippen MR) is 107 cm³/mol. The first kappa shape index (κ1) is 21.2. The average Bonchev–Trinajstić information content (AvgIpc) is 2.62. The number of halogens is 1. The highest BCUT2D eigenvalue weighted by Crippen LogP contribution is 2.42. The minimum Gasteiger partial charge on any atom is -0.383 e. The Balaban J connectivity index is 0.00000243. The minimum atomic E-state index is 0. The van der Waals surface area contributed by atoms with Gasteiger partial charge in [0.05, 0.1) is 6.61 Å². The molecular formula is C21H33ClN2O2. The van der Waals surface area contributed by atoms with Gasteiger partial charge in [-0.1, -0.05) is 36.8 Å². The first-order valence-corrected chi connectivity index (χ1v) is 9.76. The lowest BCUT2D eigenvalue weighted by Crippen LogP contribution is -2.50. The monoisotopic (exact) mass is 380 g/mol. The molecular weight excluding hydrogens is 348 g/mol. The number of fused-ring (bicyclic) bond motifs is 2. The molecule has 0 radical (unpaired) electrons. The summed E-state index contributed by atoms with van der Waals surface area (Å²) in [5, 5.41) is 0. The number of carbonyl (C=O) groups is 1. The second kappa shape index (κ2) is 10.3. The summed E-state index contributed by atoms with van der Waals surface area (Å²) in [7, 11) is 1.70. The van der Waals surface area contributed by atoms with Crippen LogP contribution in [0.3, 0.4) is 0 Å². The van der Waals surface area contributed by atoms with Crippen molar-refractivity contribution < 1.29 is 9.53 Å². The fourth-order valence-electron chi connectivity index (χ4n) is 4.69. The molecule has 2 aliphatic rings. The molecule has 1 amide bonds. The Morgan fingerprint density at radius 2 is 1.81 bits per heavy atom. The zero-order valence-corrected chi connectivity index (χ0v) is 16.6.